The lowest BCUT2D eigenvalue weighted by molar-refractivity contribution is 0.486. The molecule has 1 rings (SSSR count). The Labute approximate surface area is 113 Å². The first-order valence-electron chi connectivity index (χ1n) is 6.37. The van der Waals surface area contributed by atoms with E-state index in [1.54, 1.807) is 0 Å². The van der Waals surface area contributed by atoms with Crippen LogP contribution in [0.15, 0.2) is 41.4 Å². The van der Waals surface area contributed by atoms with Crippen molar-refractivity contribution < 1.29 is 0 Å². The van der Waals surface area contributed by atoms with Crippen LogP contribution in [-0.4, -0.2) is 6.54 Å². The topological polar surface area (TPSA) is 12.0 Å². The number of benzene rings is 1. The van der Waals surface area contributed by atoms with Crippen molar-refractivity contribution in [2.24, 2.45) is 0 Å². The fourth-order valence-corrected chi connectivity index (χ4v) is 2.13. The van der Waals surface area contributed by atoms with Gasteiger partial charge in [0.2, 0.25) is 0 Å². The zero-order chi connectivity index (χ0) is 12.5. The molecule has 0 spiro atoms. The summed E-state index contributed by atoms with van der Waals surface area (Å²) < 4.78 is 1.14. The third-order valence-corrected chi connectivity index (χ3v) is 3.34. The highest BCUT2D eigenvalue weighted by atomic mass is 79.9. The van der Waals surface area contributed by atoms with E-state index in [4.69, 9.17) is 0 Å². The van der Waals surface area contributed by atoms with Crippen molar-refractivity contribution in [3.63, 3.8) is 0 Å². The van der Waals surface area contributed by atoms with Crippen LogP contribution in [0.25, 0.3) is 0 Å². The molecule has 17 heavy (non-hydrogen) atoms. The quantitative estimate of drug-likeness (QED) is 0.534. The molecule has 0 saturated heterocycles. The Kier molecular flexibility index (Phi) is 7.22. The van der Waals surface area contributed by atoms with E-state index in [-0.39, 0.29) is 0 Å². The van der Waals surface area contributed by atoms with E-state index >= 15 is 0 Å². The van der Waals surface area contributed by atoms with Crippen LogP contribution >= 0.6 is 15.9 Å². The first kappa shape index (κ1) is 14.5. The summed E-state index contributed by atoms with van der Waals surface area (Å²) in [5.41, 5.74) is 1.38. The number of allylic oxidation sites excluding steroid dienone is 1. The monoisotopic (exact) mass is 295 g/mol. The average Bonchev–Trinajstić information content (AvgIpc) is 2.35. The molecule has 0 aromatic heterocycles. The van der Waals surface area contributed by atoms with E-state index in [0.29, 0.717) is 6.04 Å². The maximum Gasteiger partial charge on any atom is 0.0320 e. The third kappa shape index (κ3) is 5.51. The van der Waals surface area contributed by atoms with Crippen LogP contribution in [0.5, 0.6) is 0 Å². The fraction of sp³-hybridized carbons (Fsp3) is 0.467. The Morgan fingerprint density at radius 1 is 1.35 bits per heavy atom. The number of halogens is 1. The second-order valence-corrected chi connectivity index (χ2v) is 5.19. The Bertz CT molecular complexity index is 318. The van der Waals surface area contributed by atoms with Crippen molar-refractivity contribution in [2.45, 2.75) is 38.6 Å². The van der Waals surface area contributed by atoms with Gasteiger partial charge in [-0.1, -0.05) is 41.1 Å². The molecule has 0 aliphatic carbocycles. The predicted molar refractivity (Wildman–Crippen MR) is 79.2 cm³/mol. The van der Waals surface area contributed by atoms with E-state index < -0.39 is 0 Å². The SMILES string of the molecule is C=CCCCC(NCCC)c1ccc(Br)cc1. The van der Waals surface area contributed by atoms with Gasteiger partial charge in [0, 0.05) is 10.5 Å². The molecule has 0 saturated carbocycles. The van der Waals surface area contributed by atoms with Crippen LogP contribution in [-0.2, 0) is 0 Å². The number of hydrogen-bond acceptors (Lipinski definition) is 1. The summed E-state index contributed by atoms with van der Waals surface area (Å²) in [4.78, 5) is 0. The number of nitrogens with one attached hydrogen (secondary N) is 1. The van der Waals surface area contributed by atoms with Crippen LogP contribution in [0.2, 0.25) is 0 Å². The minimum Gasteiger partial charge on any atom is -0.310 e. The summed E-state index contributed by atoms with van der Waals surface area (Å²) in [6, 6.07) is 9.10. The van der Waals surface area contributed by atoms with Crippen molar-refractivity contribution in [1.29, 1.82) is 0 Å². The first-order valence-corrected chi connectivity index (χ1v) is 7.17. The van der Waals surface area contributed by atoms with Crippen molar-refractivity contribution in [3.8, 4) is 0 Å². The molecule has 1 N–H and O–H groups in total. The molecule has 94 valence electrons. The van der Waals surface area contributed by atoms with Gasteiger partial charge >= 0.3 is 0 Å². The molecule has 1 unspecified atom stereocenters. The zero-order valence-electron chi connectivity index (χ0n) is 10.6. The predicted octanol–water partition coefficient (Wildman–Crippen LogP) is 4.85. The van der Waals surface area contributed by atoms with Crippen molar-refractivity contribution >= 4 is 15.9 Å². The summed E-state index contributed by atoms with van der Waals surface area (Å²) in [5.74, 6) is 0. The summed E-state index contributed by atoms with van der Waals surface area (Å²) in [7, 11) is 0. The van der Waals surface area contributed by atoms with E-state index in [1.165, 1.54) is 24.8 Å². The second-order valence-electron chi connectivity index (χ2n) is 4.28. The molecule has 0 aliphatic heterocycles. The molecular weight excluding hydrogens is 274 g/mol. The highest BCUT2D eigenvalue weighted by Gasteiger charge is 2.09. The maximum atomic E-state index is 3.78. The number of hydrogen-bond donors (Lipinski definition) is 1. The van der Waals surface area contributed by atoms with Crippen LogP contribution in [0.1, 0.15) is 44.2 Å². The fourth-order valence-electron chi connectivity index (χ4n) is 1.87. The molecule has 1 atom stereocenters. The molecule has 2 heteroatoms. The van der Waals surface area contributed by atoms with Gasteiger partial charge in [0.05, 0.1) is 0 Å². The highest BCUT2D eigenvalue weighted by molar-refractivity contribution is 9.10. The molecule has 0 aliphatic rings. The second kappa shape index (κ2) is 8.48. The van der Waals surface area contributed by atoms with Crippen LogP contribution in [0, 0.1) is 0 Å². The summed E-state index contributed by atoms with van der Waals surface area (Å²) in [6.45, 7) is 7.06. The first-order chi connectivity index (χ1) is 8.27. The van der Waals surface area contributed by atoms with Gasteiger partial charge in [-0.25, -0.2) is 0 Å². The Balaban J connectivity index is 2.60. The third-order valence-electron chi connectivity index (χ3n) is 2.81. The normalized spacial score (nSPS) is 12.4. The Morgan fingerprint density at radius 2 is 2.06 bits per heavy atom. The zero-order valence-corrected chi connectivity index (χ0v) is 12.2. The van der Waals surface area contributed by atoms with Crippen LogP contribution in [0.4, 0.5) is 0 Å². The number of rotatable bonds is 8. The lowest BCUT2D eigenvalue weighted by atomic mass is 10.0. The van der Waals surface area contributed by atoms with E-state index in [1.807, 2.05) is 6.08 Å². The molecular formula is C15H22BrN. The van der Waals surface area contributed by atoms with Gasteiger partial charge in [0.1, 0.15) is 0 Å². The molecule has 1 nitrogen and oxygen atoms in total. The molecule has 0 fully saturated rings. The highest BCUT2D eigenvalue weighted by Crippen LogP contribution is 2.21. The van der Waals surface area contributed by atoms with Gasteiger partial charge in [0.25, 0.3) is 0 Å². The smallest absolute Gasteiger partial charge is 0.0320 e. The maximum absolute atomic E-state index is 3.78. The lowest BCUT2D eigenvalue weighted by Gasteiger charge is -2.18. The Hall–Kier alpha value is -0.600. The largest absolute Gasteiger partial charge is 0.310 e. The summed E-state index contributed by atoms with van der Waals surface area (Å²) in [6.07, 6.45) is 6.64. The molecule has 0 heterocycles. The molecule has 0 radical (unpaired) electrons. The van der Waals surface area contributed by atoms with Crippen LogP contribution in [0.3, 0.4) is 0 Å². The number of unbranched alkanes of at least 4 members (excludes halogenated alkanes) is 1. The lowest BCUT2D eigenvalue weighted by Crippen LogP contribution is -2.22. The standard InChI is InChI=1S/C15H22BrN/c1-3-5-6-7-15(17-12-4-2)13-8-10-14(16)11-9-13/h3,8-11,15,17H,1,4-7,12H2,2H3. The summed E-state index contributed by atoms with van der Waals surface area (Å²) in [5, 5.41) is 3.61. The Morgan fingerprint density at radius 3 is 2.65 bits per heavy atom. The van der Waals surface area contributed by atoms with Crippen LogP contribution < -0.4 is 5.32 Å². The minimum atomic E-state index is 0.475. The van der Waals surface area contributed by atoms with Crippen molar-refractivity contribution in [3.05, 3.63) is 47.0 Å². The minimum absolute atomic E-state index is 0.475. The van der Waals surface area contributed by atoms with E-state index in [2.05, 4.69) is 59.0 Å². The van der Waals surface area contributed by atoms with Crippen molar-refractivity contribution in [2.75, 3.05) is 6.54 Å². The van der Waals surface area contributed by atoms with Crippen molar-refractivity contribution in [1.82, 2.24) is 5.32 Å². The van der Waals surface area contributed by atoms with Gasteiger partial charge in [0.15, 0.2) is 0 Å². The van der Waals surface area contributed by atoms with Gasteiger partial charge < -0.3 is 5.32 Å². The molecule has 1 aromatic carbocycles. The van der Waals surface area contributed by atoms with Gasteiger partial charge in [-0.3, -0.25) is 0 Å². The molecule has 0 bridgehead atoms. The molecule has 1 aromatic rings. The van der Waals surface area contributed by atoms with Gasteiger partial charge in [-0.05, 0) is 49.9 Å². The van der Waals surface area contributed by atoms with Gasteiger partial charge in [-0.2, -0.15) is 0 Å². The summed E-state index contributed by atoms with van der Waals surface area (Å²) >= 11 is 3.48. The van der Waals surface area contributed by atoms with Gasteiger partial charge in [-0.15, -0.1) is 6.58 Å². The van der Waals surface area contributed by atoms with E-state index in [0.717, 1.165) is 17.4 Å². The average molecular weight is 296 g/mol. The van der Waals surface area contributed by atoms with E-state index in [9.17, 15) is 0 Å². The molecule has 0 amide bonds.